The lowest BCUT2D eigenvalue weighted by Crippen LogP contribution is -2.54. The fourth-order valence-corrected chi connectivity index (χ4v) is 2.26. The molecular weight excluding hydrogens is 250 g/mol. The van der Waals surface area contributed by atoms with Gasteiger partial charge in [-0.25, -0.2) is 9.59 Å². The molecule has 0 spiro atoms. The molecule has 0 aromatic heterocycles. The number of amides is 2. The molecule has 1 unspecified atom stereocenters. The van der Waals surface area contributed by atoms with Gasteiger partial charge in [0, 0.05) is 19.7 Å². The highest BCUT2D eigenvalue weighted by atomic mass is 16.5. The fourth-order valence-electron chi connectivity index (χ4n) is 2.26. The van der Waals surface area contributed by atoms with Crippen molar-refractivity contribution in [2.75, 3.05) is 33.4 Å². The molecule has 2 amide bonds. The molecule has 0 saturated carbocycles. The van der Waals surface area contributed by atoms with Crippen molar-refractivity contribution in [3.05, 3.63) is 0 Å². The van der Waals surface area contributed by atoms with E-state index in [0.29, 0.717) is 6.54 Å². The smallest absolute Gasteiger partial charge is 0.328 e. The second-order valence-corrected chi connectivity index (χ2v) is 4.56. The van der Waals surface area contributed by atoms with Crippen LogP contribution in [0.5, 0.6) is 0 Å². The van der Waals surface area contributed by atoms with Crippen LogP contribution in [0.1, 0.15) is 19.8 Å². The number of ether oxygens (including phenoxy) is 1. The molecule has 110 valence electrons. The Kier molecular flexibility index (Phi) is 6.58. The molecule has 1 heterocycles. The molecule has 0 aromatic rings. The van der Waals surface area contributed by atoms with Gasteiger partial charge in [-0.3, -0.25) is 0 Å². The van der Waals surface area contributed by atoms with E-state index in [4.69, 9.17) is 9.84 Å². The van der Waals surface area contributed by atoms with Gasteiger partial charge in [-0.1, -0.05) is 0 Å². The van der Waals surface area contributed by atoms with Crippen molar-refractivity contribution in [2.24, 2.45) is 0 Å². The molecule has 1 aliphatic rings. The topological polar surface area (TPSA) is 90.9 Å². The number of carbonyl (C=O) groups is 2. The molecule has 7 heteroatoms. The van der Waals surface area contributed by atoms with Crippen molar-refractivity contribution in [1.82, 2.24) is 15.5 Å². The minimum Gasteiger partial charge on any atom is -0.480 e. The molecule has 1 aliphatic heterocycles. The van der Waals surface area contributed by atoms with Crippen molar-refractivity contribution >= 4 is 12.0 Å². The lowest BCUT2D eigenvalue weighted by molar-refractivity contribution is -0.140. The zero-order chi connectivity index (χ0) is 14.3. The number of piperidine rings is 1. The van der Waals surface area contributed by atoms with E-state index in [0.717, 1.165) is 25.9 Å². The first-order chi connectivity index (χ1) is 9.10. The quantitative estimate of drug-likeness (QED) is 0.627. The second kappa shape index (κ2) is 7.96. The Morgan fingerprint density at radius 1 is 1.47 bits per heavy atom. The van der Waals surface area contributed by atoms with Gasteiger partial charge in [0.25, 0.3) is 0 Å². The molecule has 0 aromatic carbocycles. The van der Waals surface area contributed by atoms with Gasteiger partial charge in [0.15, 0.2) is 6.04 Å². The van der Waals surface area contributed by atoms with Crippen LogP contribution in [0.2, 0.25) is 0 Å². The third-order valence-electron chi connectivity index (χ3n) is 3.28. The molecule has 0 bridgehead atoms. The minimum absolute atomic E-state index is 0.0369. The summed E-state index contributed by atoms with van der Waals surface area (Å²) < 4.78 is 4.80. The Morgan fingerprint density at radius 2 is 2.11 bits per heavy atom. The van der Waals surface area contributed by atoms with Crippen LogP contribution in [0.15, 0.2) is 0 Å². The van der Waals surface area contributed by atoms with Crippen LogP contribution >= 0.6 is 0 Å². The summed E-state index contributed by atoms with van der Waals surface area (Å²) in [7, 11) is 1.41. The minimum atomic E-state index is -1.09. The third kappa shape index (κ3) is 4.68. The Labute approximate surface area is 113 Å². The van der Waals surface area contributed by atoms with E-state index in [-0.39, 0.29) is 18.7 Å². The summed E-state index contributed by atoms with van der Waals surface area (Å²) in [5, 5.41) is 14.7. The molecule has 1 atom stereocenters. The monoisotopic (exact) mass is 273 g/mol. The number of rotatable bonds is 6. The zero-order valence-corrected chi connectivity index (χ0v) is 11.5. The van der Waals surface area contributed by atoms with E-state index >= 15 is 0 Å². The maximum atomic E-state index is 12.1. The third-order valence-corrected chi connectivity index (χ3v) is 3.28. The molecule has 7 nitrogen and oxygen atoms in total. The highest BCUT2D eigenvalue weighted by Crippen LogP contribution is 2.11. The van der Waals surface area contributed by atoms with E-state index in [1.54, 1.807) is 4.90 Å². The molecule has 0 aliphatic carbocycles. The molecule has 1 rings (SSSR count). The van der Waals surface area contributed by atoms with Crippen LogP contribution in [0.4, 0.5) is 4.79 Å². The van der Waals surface area contributed by atoms with Gasteiger partial charge in [0.1, 0.15) is 0 Å². The molecular formula is C12H23N3O4. The van der Waals surface area contributed by atoms with E-state index in [9.17, 15) is 9.59 Å². The first kappa shape index (κ1) is 15.7. The van der Waals surface area contributed by atoms with Crippen LogP contribution in [-0.2, 0) is 9.53 Å². The molecule has 3 N–H and O–H groups in total. The van der Waals surface area contributed by atoms with Crippen LogP contribution in [0, 0.1) is 0 Å². The van der Waals surface area contributed by atoms with E-state index in [1.165, 1.54) is 7.11 Å². The SMILES string of the molecule is CCN(C(=O)NC(COC)C(=O)O)C1CCNCC1. The number of nitrogens with one attached hydrogen (secondary N) is 2. The highest BCUT2D eigenvalue weighted by molar-refractivity contribution is 5.82. The first-order valence-electron chi connectivity index (χ1n) is 6.59. The number of nitrogens with zero attached hydrogens (tertiary/aromatic N) is 1. The Balaban J connectivity index is 2.58. The Hall–Kier alpha value is -1.34. The van der Waals surface area contributed by atoms with Crippen molar-refractivity contribution in [3.8, 4) is 0 Å². The number of hydrogen-bond donors (Lipinski definition) is 3. The van der Waals surface area contributed by atoms with Gasteiger partial charge >= 0.3 is 12.0 Å². The number of urea groups is 1. The number of hydrogen-bond acceptors (Lipinski definition) is 4. The van der Waals surface area contributed by atoms with Crippen molar-refractivity contribution in [3.63, 3.8) is 0 Å². The molecule has 1 saturated heterocycles. The van der Waals surface area contributed by atoms with Gasteiger partial charge in [-0.2, -0.15) is 0 Å². The maximum absolute atomic E-state index is 12.1. The van der Waals surface area contributed by atoms with E-state index in [1.807, 2.05) is 6.92 Å². The number of aliphatic carboxylic acids is 1. The summed E-state index contributed by atoms with van der Waals surface area (Å²) in [4.78, 5) is 24.8. The average Bonchev–Trinajstić information content (AvgIpc) is 2.40. The Morgan fingerprint density at radius 3 is 2.58 bits per heavy atom. The van der Waals surface area contributed by atoms with E-state index in [2.05, 4.69) is 10.6 Å². The number of carboxylic acid groups (broad SMARTS) is 1. The summed E-state index contributed by atoms with van der Waals surface area (Å²) in [5.74, 6) is -1.09. The van der Waals surface area contributed by atoms with Crippen LogP contribution < -0.4 is 10.6 Å². The van der Waals surface area contributed by atoms with Crippen LogP contribution in [0.3, 0.4) is 0 Å². The summed E-state index contributed by atoms with van der Waals surface area (Å²) in [5.41, 5.74) is 0. The lowest BCUT2D eigenvalue weighted by Gasteiger charge is -2.34. The molecule has 19 heavy (non-hydrogen) atoms. The predicted molar refractivity (Wildman–Crippen MR) is 70.1 cm³/mol. The molecule has 0 radical (unpaired) electrons. The summed E-state index contributed by atoms with van der Waals surface area (Å²) in [6.45, 7) is 4.19. The van der Waals surface area contributed by atoms with Crippen LogP contribution in [-0.4, -0.2) is 67.4 Å². The van der Waals surface area contributed by atoms with Gasteiger partial charge in [-0.05, 0) is 32.9 Å². The lowest BCUT2D eigenvalue weighted by atomic mass is 10.1. The molecule has 1 fully saturated rings. The average molecular weight is 273 g/mol. The number of carboxylic acids is 1. The van der Waals surface area contributed by atoms with Gasteiger partial charge < -0.3 is 25.4 Å². The number of methoxy groups -OCH3 is 1. The summed E-state index contributed by atoms with van der Waals surface area (Å²) >= 11 is 0. The zero-order valence-electron chi connectivity index (χ0n) is 11.5. The summed E-state index contributed by atoms with van der Waals surface area (Å²) in [6.07, 6.45) is 1.78. The predicted octanol–water partition coefficient (Wildman–Crippen LogP) is -0.130. The first-order valence-corrected chi connectivity index (χ1v) is 6.59. The fraction of sp³-hybridized carbons (Fsp3) is 0.833. The van der Waals surface area contributed by atoms with Crippen LogP contribution in [0.25, 0.3) is 0 Å². The number of carbonyl (C=O) groups excluding carboxylic acids is 1. The second-order valence-electron chi connectivity index (χ2n) is 4.56. The highest BCUT2D eigenvalue weighted by Gasteiger charge is 2.27. The van der Waals surface area contributed by atoms with Gasteiger partial charge in [-0.15, -0.1) is 0 Å². The maximum Gasteiger partial charge on any atom is 0.328 e. The van der Waals surface area contributed by atoms with Gasteiger partial charge in [0.05, 0.1) is 6.61 Å². The summed E-state index contributed by atoms with van der Waals surface area (Å²) in [6, 6.07) is -1.17. The largest absolute Gasteiger partial charge is 0.480 e. The Bertz CT molecular complexity index is 305. The van der Waals surface area contributed by atoms with Crippen molar-refractivity contribution in [2.45, 2.75) is 31.8 Å². The van der Waals surface area contributed by atoms with Gasteiger partial charge in [0.2, 0.25) is 0 Å². The van der Waals surface area contributed by atoms with E-state index < -0.39 is 12.0 Å². The standard InChI is InChI=1S/C12H23N3O4/c1-3-15(9-4-6-13-7-5-9)12(18)14-10(8-19-2)11(16)17/h9-10,13H,3-8H2,1-2H3,(H,14,18)(H,16,17). The van der Waals surface area contributed by atoms with Crippen molar-refractivity contribution < 1.29 is 19.4 Å². The normalized spacial score (nSPS) is 17.8. The van der Waals surface area contributed by atoms with Crippen molar-refractivity contribution in [1.29, 1.82) is 0 Å².